The number of esters is 2. The third kappa shape index (κ3) is 6.71. The molecule has 0 saturated heterocycles. The number of imide groups is 2. The average molecular weight is 801 g/mol. The van der Waals surface area contributed by atoms with Crippen molar-refractivity contribution in [1.29, 1.82) is 0 Å². The van der Waals surface area contributed by atoms with E-state index < -0.39 is 53.0 Å². The third-order valence-electron chi connectivity index (χ3n) is 9.23. The van der Waals surface area contributed by atoms with Crippen LogP contribution in [0.5, 0.6) is 12.0 Å². The molecule has 4 N–H and O–H groups in total. The number of ether oxygens (including phenoxy) is 2. The largest absolute Gasteiger partial charge is 0.417 e. The van der Waals surface area contributed by atoms with Crippen molar-refractivity contribution in [3.8, 4) is 23.1 Å². The first-order chi connectivity index (χ1) is 28.1. The number of rotatable bonds is 7. The van der Waals surface area contributed by atoms with Crippen LogP contribution in [0.25, 0.3) is 11.1 Å². The summed E-state index contributed by atoms with van der Waals surface area (Å²) >= 11 is 0. The molecular weight excluding hydrogens is 777 g/mol. The van der Waals surface area contributed by atoms with Crippen molar-refractivity contribution in [3.63, 3.8) is 0 Å². The van der Waals surface area contributed by atoms with E-state index in [4.69, 9.17) is 20.9 Å². The molecule has 0 spiro atoms. The Balaban J connectivity index is 1.04. The molecule has 2 aliphatic rings. The second-order valence-corrected chi connectivity index (χ2v) is 13.0. The van der Waals surface area contributed by atoms with E-state index in [2.05, 4.69) is 19.9 Å². The summed E-state index contributed by atoms with van der Waals surface area (Å²) < 4.78 is 54.4. The average Bonchev–Trinajstić information content (AvgIpc) is 3.61. The van der Waals surface area contributed by atoms with Crippen LogP contribution in [0.4, 0.5) is 35.9 Å². The van der Waals surface area contributed by atoms with Gasteiger partial charge in [0.2, 0.25) is 0 Å². The van der Waals surface area contributed by atoms with Crippen molar-refractivity contribution in [1.82, 2.24) is 19.9 Å². The first-order valence-electron chi connectivity index (χ1n) is 17.1. The van der Waals surface area contributed by atoms with E-state index in [1.165, 1.54) is 86.3 Å². The van der Waals surface area contributed by atoms with Crippen LogP contribution in [0.1, 0.15) is 73.3 Å². The van der Waals surface area contributed by atoms with Crippen LogP contribution in [0.15, 0.2) is 97.6 Å². The summed E-state index contributed by atoms with van der Waals surface area (Å²) in [5.41, 5.74) is 9.17. The number of aryl methyl sites for hydroxylation is 1. The molecule has 16 nitrogen and oxygen atoms in total. The molecule has 0 atom stereocenters. The number of nitrogens with zero attached hydrogens (tertiary/aromatic N) is 6. The summed E-state index contributed by atoms with van der Waals surface area (Å²) in [6.07, 6.45) is -0.133. The molecule has 6 aromatic rings. The second kappa shape index (κ2) is 14.0. The highest BCUT2D eigenvalue weighted by molar-refractivity contribution is 6.35. The molecule has 8 rings (SSSR count). The van der Waals surface area contributed by atoms with Crippen molar-refractivity contribution < 1.29 is 51.4 Å². The van der Waals surface area contributed by atoms with Gasteiger partial charge in [-0.25, -0.2) is 39.3 Å². The van der Waals surface area contributed by atoms with Gasteiger partial charge in [0.15, 0.2) is 0 Å². The maximum atomic E-state index is 14.7. The number of carbonyl (C=O) groups excluding carboxylic acids is 6. The zero-order valence-corrected chi connectivity index (χ0v) is 30.0. The molecule has 4 amide bonds. The van der Waals surface area contributed by atoms with Crippen molar-refractivity contribution >= 4 is 58.3 Å². The van der Waals surface area contributed by atoms with Crippen LogP contribution in [0, 0.1) is 6.92 Å². The van der Waals surface area contributed by atoms with Crippen LogP contribution >= 0.6 is 0 Å². The summed E-state index contributed by atoms with van der Waals surface area (Å²) in [7, 11) is 0. The molecule has 0 bridgehead atoms. The van der Waals surface area contributed by atoms with Gasteiger partial charge in [-0.05, 0) is 84.3 Å². The number of carbonyl (C=O) groups is 6. The number of nitrogen functional groups attached to an aromatic ring is 2. The molecule has 2 aliphatic heterocycles. The fourth-order valence-corrected chi connectivity index (χ4v) is 6.48. The standard InChI is InChI=1S/C40H23F3N8O8/c1-18-10-23(50-32(52)27-6-2-19(11-29(27)34(50)54)36(56)58-38-46-14-21(44)15-47-38)4-8-25(18)26-9-5-24(13-31(26)40(41,42)43)51-33(53)28-7-3-20(12-30(28)35(51)55)37(57)59-39-48-16-22(45)17-49-39/h2-17H,44-45H2,1H3. The Labute approximate surface area is 328 Å². The number of nitrogens with two attached hydrogens (primary N) is 2. The van der Waals surface area contributed by atoms with Crippen LogP contribution in [-0.4, -0.2) is 55.5 Å². The molecule has 19 heteroatoms. The molecule has 4 heterocycles. The zero-order chi connectivity index (χ0) is 41.9. The lowest BCUT2D eigenvalue weighted by molar-refractivity contribution is -0.137. The molecule has 0 saturated carbocycles. The number of benzene rings is 4. The van der Waals surface area contributed by atoms with Gasteiger partial charge in [0.1, 0.15) is 0 Å². The van der Waals surface area contributed by atoms with Crippen LogP contribution in [0.2, 0.25) is 0 Å². The number of hydrogen-bond donors (Lipinski definition) is 2. The molecule has 0 aliphatic carbocycles. The zero-order valence-electron chi connectivity index (χ0n) is 30.0. The maximum Gasteiger partial charge on any atom is 0.417 e. The summed E-state index contributed by atoms with van der Waals surface area (Å²) in [4.78, 5) is 95.9. The molecule has 2 aromatic heterocycles. The van der Waals surface area contributed by atoms with Gasteiger partial charge >= 0.3 is 30.1 Å². The number of fused-ring (bicyclic) bond motifs is 2. The van der Waals surface area contributed by atoms with Crippen molar-refractivity contribution in [3.05, 3.63) is 142 Å². The Morgan fingerprint density at radius 1 is 0.542 bits per heavy atom. The van der Waals surface area contributed by atoms with Gasteiger partial charge in [0.05, 0.1) is 86.5 Å². The van der Waals surface area contributed by atoms with E-state index in [0.29, 0.717) is 11.0 Å². The molecule has 0 unspecified atom stereocenters. The minimum Gasteiger partial charge on any atom is -0.396 e. The summed E-state index contributed by atoms with van der Waals surface area (Å²) in [5, 5.41) is 0. The van der Waals surface area contributed by atoms with E-state index in [9.17, 15) is 41.9 Å². The molecular formula is C40H23F3N8O8. The lowest BCUT2D eigenvalue weighted by Gasteiger charge is -2.21. The monoisotopic (exact) mass is 800 g/mol. The van der Waals surface area contributed by atoms with Gasteiger partial charge in [-0.15, -0.1) is 0 Å². The Morgan fingerprint density at radius 3 is 1.36 bits per heavy atom. The normalized spacial score (nSPS) is 13.4. The van der Waals surface area contributed by atoms with Crippen LogP contribution in [-0.2, 0) is 6.18 Å². The first-order valence-corrected chi connectivity index (χ1v) is 17.1. The maximum absolute atomic E-state index is 14.7. The third-order valence-corrected chi connectivity index (χ3v) is 9.23. The van der Waals surface area contributed by atoms with E-state index in [1.807, 2.05) is 0 Å². The summed E-state index contributed by atoms with van der Waals surface area (Å²) in [5.74, 6) is -5.32. The number of alkyl halides is 3. The Kier molecular flexibility index (Phi) is 8.91. The van der Waals surface area contributed by atoms with E-state index in [0.717, 1.165) is 17.0 Å². The highest BCUT2D eigenvalue weighted by Gasteiger charge is 2.41. The Morgan fingerprint density at radius 2 is 0.932 bits per heavy atom. The van der Waals surface area contributed by atoms with Crippen LogP contribution < -0.4 is 30.7 Å². The highest BCUT2D eigenvalue weighted by Crippen LogP contribution is 2.43. The molecule has 59 heavy (non-hydrogen) atoms. The first kappa shape index (κ1) is 37.6. The fourth-order valence-electron chi connectivity index (χ4n) is 6.48. The van der Waals surface area contributed by atoms with Gasteiger partial charge < -0.3 is 20.9 Å². The van der Waals surface area contributed by atoms with Gasteiger partial charge in [-0.1, -0.05) is 12.1 Å². The quantitative estimate of drug-likeness (QED) is 0.151. The smallest absolute Gasteiger partial charge is 0.396 e. The van der Waals surface area contributed by atoms with Crippen molar-refractivity contribution in [2.75, 3.05) is 21.3 Å². The van der Waals surface area contributed by atoms with Crippen molar-refractivity contribution in [2.24, 2.45) is 0 Å². The lowest BCUT2D eigenvalue weighted by atomic mass is 9.94. The number of halogens is 3. The predicted molar refractivity (Wildman–Crippen MR) is 200 cm³/mol. The van der Waals surface area contributed by atoms with E-state index in [1.54, 1.807) is 0 Å². The summed E-state index contributed by atoms with van der Waals surface area (Å²) in [6, 6.07) is 13.4. The van der Waals surface area contributed by atoms with Gasteiger partial charge in [-0.2, -0.15) is 13.2 Å². The fraction of sp³-hybridized carbons (Fsp3) is 0.0500. The number of hydrogen-bond acceptors (Lipinski definition) is 14. The topological polar surface area (TPSA) is 231 Å². The molecule has 0 radical (unpaired) electrons. The number of amides is 4. The van der Waals surface area contributed by atoms with Crippen LogP contribution in [0.3, 0.4) is 0 Å². The van der Waals surface area contributed by atoms with Gasteiger partial charge in [0, 0.05) is 0 Å². The Hall–Kier alpha value is -8.35. The Bertz CT molecular complexity index is 2830. The van der Waals surface area contributed by atoms with Gasteiger partial charge in [-0.3, -0.25) is 19.2 Å². The van der Waals surface area contributed by atoms with E-state index >= 15 is 0 Å². The predicted octanol–water partition coefficient (Wildman–Crippen LogP) is 5.46. The minimum absolute atomic E-state index is 0.0240. The summed E-state index contributed by atoms with van der Waals surface area (Å²) in [6.45, 7) is 1.48. The molecule has 4 aromatic carbocycles. The van der Waals surface area contributed by atoms with E-state index in [-0.39, 0.29) is 79.2 Å². The lowest BCUT2D eigenvalue weighted by Crippen LogP contribution is -2.29. The number of anilines is 4. The number of aromatic nitrogens is 4. The molecule has 0 fully saturated rings. The highest BCUT2D eigenvalue weighted by atomic mass is 19.4. The molecule has 292 valence electrons. The SMILES string of the molecule is Cc1cc(N2C(=O)c3ccc(C(=O)Oc4ncc(N)cn4)cc3C2=O)ccc1-c1ccc(N2C(=O)c3ccc(C(=O)Oc4ncc(N)cn4)cc3C2=O)cc1C(F)(F)F. The minimum atomic E-state index is -4.99. The van der Waals surface area contributed by atoms with Gasteiger partial charge in [0.25, 0.3) is 23.6 Å². The van der Waals surface area contributed by atoms with Crippen molar-refractivity contribution in [2.45, 2.75) is 13.1 Å². The second-order valence-electron chi connectivity index (χ2n) is 13.0.